The van der Waals surface area contributed by atoms with E-state index in [4.69, 9.17) is 12.2 Å². The van der Waals surface area contributed by atoms with E-state index in [-0.39, 0.29) is 0 Å². The third kappa shape index (κ3) is 5.07. The second-order valence-corrected chi connectivity index (χ2v) is 6.98. The Morgan fingerprint density at radius 2 is 1.82 bits per heavy atom. The number of nitrogens with one attached hydrogen (secondary N) is 2. The molecule has 3 nitrogen and oxygen atoms in total. The van der Waals surface area contributed by atoms with Gasteiger partial charge >= 0.3 is 0 Å². The van der Waals surface area contributed by atoms with Gasteiger partial charge in [0.2, 0.25) is 0 Å². The Kier molecular flexibility index (Phi) is 6.40. The molecule has 2 rings (SSSR count). The molecule has 1 saturated heterocycles. The lowest BCUT2D eigenvalue weighted by Gasteiger charge is -2.39. The summed E-state index contributed by atoms with van der Waals surface area (Å²) in [5.74, 6) is -2.40. The Morgan fingerprint density at radius 1 is 1.23 bits per heavy atom. The van der Waals surface area contributed by atoms with Crippen molar-refractivity contribution in [2.75, 3.05) is 5.32 Å². The van der Waals surface area contributed by atoms with Crippen molar-refractivity contribution in [2.24, 2.45) is 0 Å². The van der Waals surface area contributed by atoms with E-state index >= 15 is 0 Å². The number of anilines is 1. The summed E-state index contributed by atoms with van der Waals surface area (Å²) < 4.78 is 24.6. The molecule has 1 aliphatic rings. The highest BCUT2D eigenvalue weighted by Crippen LogP contribution is 2.26. The number of hydrogen-bond donors (Lipinski definition) is 2. The van der Waals surface area contributed by atoms with Crippen LogP contribution in [0.5, 0.6) is 0 Å². The normalized spacial score (nSPS) is 22.6. The van der Waals surface area contributed by atoms with Gasteiger partial charge in [0.1, 0.15) is 0 Å². The van der Waals surface area contributed by atoms with Crippen LogP contribution in [0.3, 0.4) is 0 Å². The van der Waals surface area contributed by atoms with E-state index in [2.05, 4.69) is 29.6 Å². The number of nitrogens with zero attached hydrogens (tertiary/aromatic N) is 1. The minimum Gasteiger partial charge on any atom is -0.332 e. The molecule has 0 radical (unpaired) electrons. The molecule has 0 aliphatic carbocycles. The van der Waals surface area contributed by atoms with Crippen molar-refractivity contribution < 1.29 is 8.78 Å². The van der Waals surface area contributed by atoms with Crippen molar-refractivity contribution in [3.63, 3.8) is 0 Å². The molecule has 1 aliphatic heterocycles. The third-order valence-corrected chi connectivity index (χ3v) is 4.68. The zero-order chi connectivity index (χ0) is 16.1. The average molecular weight is 345 g/mol. The second kappa shape index (κ2) is 8.08. The third-order valence-electron chi connectivity index (χ3n) is 3.76. The predicted molar refractivity (Wildman–Crippen MR) is 92.3 cm³/mol. The summed E-state index contributed by atoms with van der Waals surface area (Å²) in [4.78, 5) is 0.540. The molecular formula is C15H21F2N3S2. The Morgan fingerprint density at radius 3 is 2.36 bits per heavy atom. The van der Waals surface area contributed by atoms with Crippen molar-refractivity contribution in [2.45, 2.75) is 55.8 Å². The molecular weight excluding hydrogens is 324 g/mol. The monoisotopic (exact) mass is 345 g/mol. The zero-order valence-electron chi connectivity index (χ0n) is 12.7. The van der Waals surface area contributed by atoms with Gasteiger partial charge in [-0.3, -0.25) is 5.43 Å². The lowest BCUT2D eigenvalue weighted by Crippen LogP contribution is -2.55. The number of alkyl halides is 2. The molecule has 122 valence electrons. The predicted octanol–water partition coefficient (Wildman–Crippen LogP) is 4.47. The number of benzene rings is 1. The Bertz CT molecular complexity index is 486. The number of hydrazine groups is 1. The molecule has 0 aromatic heterocycles. The summed E-state index contributed by atoms with van der Waals surface area (Å²) in [6, 6.07) is 7.70. The molecule has 1 heterocycles. The molecule has 0 unspecified atom stereocenters. The smallest absolute Gasteiger partial charge is 0.288 e. The molecule has 0 amide bonds. The largest absolute Gasteiger partial charge is 0.332 e. The van der Waals surface area contributed by atoms with Gasteiger partial charge in [-0.2, -0.15) is 8.78 Å². The van der Waals surface area contributed by atoms with Crippen LogP contribution in [0, 0.1) is 0 Å². The van der Waals surface area contributed by atoms with Gasteiger partial charge in [-0.25, -0.2) is 5.01 Å². The molecule has 0 bridgehead atoms. The Balaban J connectivity index is 1.88. The molecule has 22 heavy (non-hydrogen) atoms. The minimum atomic E-state index is -2.40. The first-order valence-corrected chi connectivity index (χ1v) is 8.65. The van der Waals surface area contributed by atoms with Crippen LogP contribution in [0.1, 0.15) is 33.1 Å². The van der Waals surface area contributed by atoms with Crippen molar-refractivity contribution in [3.8, 4) is 0 Å². The van der Waals surface area contributed by atoms with E-state index in [9.17, 15) is 8.78 Å². The van der Waals surface area contributed by atoms with Gasteiger partial charge in [0.05, 0.1) is 0 Å². The highest BCUT2D eigenvalue weighted by atomic mass is 32.2. The van der Waals surface area contributed by atoms with Gasteiger partial charge in [0.25, 0.3) is 5.76 Å². The van der Waals surface area contributed by atoms with Gasteiger partial charge < -0.3 is 5.32 Å². The quantitative estimate of drug-likeness (QED) is 0.620. The van der Waals surface area contributed by atoms with Crippen molar-refractivity contribution in [1.82, 2.24) is 10.4 Å². The summed E-state index contributed by atoms with van der Waals surface area (Å²) >= 11 is 5.87. The van der Waals surface area contributed by atoms with Crippen LogP contribution in [0.15, 0.2) is 29.2 Å². The van der Waals surface area contributed by atoms with E-state index in [1.54, 1.807) is 24.3 Å². The Labute approximate surface area is 139 Å². The molecule has 0 spiro atoms. The van der Waals surface area contributed by atoms with E-state index in [0.717, 1.165) is 18.5 Å². The SMILES string of the molecule is C[C@@H]1CCC[C@H](C)N1NC(=S)Nc1ccc(SC(F)F)cc1. The highest BCUT2D eigenvalue weighted by Gasteiger charge is 2.25. The number of piperidine rings is 1. The number of thiocarbonyl (C=S) groups is 1. The lowest BCUT2D eigenvalue weighted by molar-refractivity contribution is 0.0750. The summed E-state index contributed by atoms with van der Waals surface area (Å²) in [6.45, 7) is 4.36. The molecule has 1 aromatic rings. The summed E-state index contributed by atoms with van der Waals surface area (Å²) in [6.07, 6.45) is 3.54. The van der Waals surface area contributed by atoms with Crippen LogP contribution >= 0.6 is 24.0 Å². The fourth-order valence-electron chi connectivity index (χ4n) is 2.64. The molecule has 2 N–H and O–H groups in total. The molecule has 0 saturated carbocycles. The van der Waals surface area contributed by atoms with Crippen molar-refractivity contribution >= 4 is 34.8 Å². The summed E-state index contributed by atoms with van der Waals surface area (Å²) in [5.41, 5.74) is 4.03. The Hall–Kier alpha value is -0.920. The van der Waals surface area contributed by atoms with E-state index in [0.29, 0.717) is 33.9 Å². The highest BCUT2D eigenvalue weighted by molar-refractivity contribution is 7.99. The molecule has 1 aromatic carbocycles. The molecule has 7 heteroatoms. The van der Waals surface area contributed by atoms with Gasteiger partial charge in [0.15, 0.2) is 5.11 Å². The lowest BCUT2D eigenvalue weighted by atomic mass is 10.00. The van der Waals surface area contributed by atoms with Crippen LogP contribution in [-0.4, -0.2) is 28.0 Å². The van der Waals surface area contributed by atoms with Crippen molar-refractivity contribution in [3.05, 3.63) is 24.3 Å². The molecule has 2 atom stereocenters. The average Bonchev–Trinajstić information content (AvgIpc) is 2.45. The van der Waals surface area contributed by atoms with Gasteiger partial charge in [-0.05, 0) is 63.2 Å². The standard InChI is InChI=1S/C15H21F2N3S2/c1-10-4-3-5-11(2)20(10)19-15(21)18-12-6-8-13(9-7-12)22-14(16)17/h6-11,14H,3-5H2,1-2H3,(H2,18,19,21)/t10-,11+. The van der Waals surface area contributed by atoms with Crippen LogP contribution < -0.4 is 10.7 Å². The first kappa shape index (κ1) is 17.4. The topological polar surface area (TPSA) is 27.3 Å². The summed E-state index contributed by atoms with van der Waals surface area (Å²) in [5, 5.41) is 5.80. The second-order valence-electron chi connectivity index (χ2n) is 5.51. The number of hydrogen-bond acceptors (Lipinski definition) is 3. The zero-order valence-corrected chi connectivity index (χ0v) is 14.3. The number of halogens is 2. The van der Waals surface area contributed by atoms with Gasteiger partial charge in [-0.1, -0.05) is 18.2 Å². The first-order valence-electron chi connectivity index (χ1n) is 7.36. The maximum atomic E-state index is 12.3. The fraction of sp³-hybridized carbons (Fsp3) is 0.533. The summed E-state index contributed by atoms with van der Waals surface area (Å²) in [7, 11) is 0. The fourth-order valence-corrected chi connectivity index (χ4v) is 3.36. The van der Waals surface area contributed by atoms with Crippen LogP contribution in [-0.2, 0) is 0 Å². The van der Waals surface area contributed by atoms with E-state index < -0.39 is 5.76 Å². The number of rotatable bonds is 4. The van der Waals surface area contributed by atoms with Gasteiger partial charge in [0, 0.05) is 22.7 Å². The van der Waals surface area contributed by atoms with Crippen LogP contribution in [0.2, 0.25) is 0 Å². The first-order chi connectivity index (χ1) is 10.5. The maximum Gasteiger partial charge on any atom is 0.288 e. The van der Waals surface area contributed by atoms with E-state index in [1.165, 1.54) is 6.42 Å². The molecule has 1 fully saturated rings. The van der Waals surface area contributed by atoms with Crippen LogP contribution in [0.25, 0.3) is 0 Å². The van der Waals surface area contributed by atoms with Crippen LogP contribution in [0.4, 0.5) is 14.5 Å². The van der Waals surface area contributed by atoms with Gasteiger partial charge in [-0.15, -0.1) is 0 Å². The number of thioether (sulfide) groups is 1. The van der Waals surface area contributed by atoms with E-state index in [1.807, 2.05) is 0 Å². The van der Waals surface area contributed by atoms with Crippen molar-refractivity contribution in [1.29, 1.82) is 0 Å². The maximum absolute atomic E-state index is 12.3. The minimum absolute atomic E-state index is 0.438.